The van der Waals surface area contributed by atoms with Crippen LogP contribution in [0.4, 0.5) is 0 Å². The van der Waals surface area contributed by atoms with E-state index in [4.69, 9.17) is 9.57 Å². The number of ether oxygens (including phenoxy) is 1. The van der Waals surface area contributed by atoms with Gasteiger partial charge in [-0.25, -0.2) is 15.3 Å². The third-order valence-electron chi connectivity index (χ3n) is 4.13. The van der Waals surface area contributed by atoms with Crippen molar-refractivity contribution in [3.05, 3.63) is 53.2 Å². The van der Waals surface area contributed by atoms with Crippen LogP contribution in [0.3, 0.4) is 0 Å². The molecule has 0 radical (unpaired) electrons. The van der Waals surface area contributed by atoms with Gasteiger partial charge in [-0.2, -0.15) is 0 Å². The normalized spacial score (nSPS) is 17.3. The van der Waals surface area contributed by atoms with E-state index in [-0.39, 0.29) is 12.2 Å². The molecule has 1 aliphatic rings. The number of carbonyl (C=O) groups is 1. The maximum absolute atomic E-state index is 12.5. The number of hydrogen-bond acceptors (Lipinski definition) is 5. The van der Waals surface area contributed by atoms with Crippen molar-refractivity contribution in [3.8, 4) is 0 Å². The number of nitrogens with one attached hydrogen (secondary N) is 1. The van der Waals surface area contributed by atoms with Crippen molar-refractivity contribution >= 4 is 17.7 Å². The van der Waals surface area contributed by atoms with Crippen LogP contribution in [0.5, 0.6) is 0 Å². The molecule has 25 heavy (non-hydrogen) atoms. The minimum absolute atomic E-state index is 0.311. The number of hydrogen-bond donors (Lipinski definition) is 1. The molecule has 2 aromatic rings. The van der Waals surface area contributed by atoms with Gasteiger partial charge in [0, 0.05) is 24.1 Å². The van der Waals surface area contributed by atoms with Crippen LogP contribution in [-0.2, 0) is 9.57 Å². The summed E-state index contributed by atoms with van der Waals surface area (Å²) in [6, 6.07) is 9.70. The van der Waals surface area contributed by atoms with Crippen LogP contribution < -0.4 is 5.48 Å². The molecule has 1 aromatic heterocycles. The highest BCUT2D eigenvalue weighted by Crippen LogP contribution is 2.30. The van der Waals surface area contributed by atoms with E-state index >= 15 is 0 Å². The lowest BCUT2D eigenvalue weighted by Gasteiger charge is -2.22. The first-order valence-electron chi connectivity index (χ1n) is 8.41. The SMILES string of the molecule is Cc1ccc(Sc2ncccc2C(=O)NOC2CCCCO2)cc1C. The summed E-state index contributed by atoms with van der Waals surface area (Å²) in [5.41, 5.74) is 5.44. The highest BCUT2D eigenvalue weighted by atomic mass is 32.2. The van der Waals surface area contributed by atoms with E-state index in [2.05, 4.69) is 36.4 Å². The first-order valence-corrected chi connectivity index (χ1v) is 9.23. The molecule has 1 fully saturated rings. The van der Waals surface area contributed by atoms with Gasteiger partial charge in [-0.05, 0) is 62.1 Å². The topological polar surface area (TPSA) is 60.5 Å². The summed E-state index contributed by atoms with van der Waals surface area (Å²) >= 11 is 1.47. The molecule has 0 spiro atoms. The Morgan fingerprint density at radius 1 is 1.28 bits per heavy atom. The molecule has 1 atom stereocenters. The molecule has 1 aromatic carbocycles. The molecule has 2 heterocycles. The zero-order valence-corrected chi connectivity index (χ0v) is 15.3. The Kier molecular flexibility index (Phi) is 6.07. The van der Waals surface area contributed by atoms with Crippen molar-refractivity contribution in [2.45, 2.75) is 49.3 Å². The number of hydroxylamine groups is 1. The Morgan fingerprint density at radius 2 is 2.16 bits per heavy atom. The van der Waals surface area contributed by atoms with Crippen LogP contribution in [0.1, 0.15) is 40.7 Å². The molecular weight excluding hydrogens is 336 g/mol. The van der Waals surface area contributed by atoms with Gasteiger partial charge in [0.05, 0.1) is 5.56 Å². The summed E-state index contributed by atoms with van der Waals surface area (Å²) in [4.78, 5) is 23.3. The van der Waals surface area contributed by atoms with Crippen molar-refractivity contribution in [2.24, 2.45) is 0 Å². The van der Waals surface area contributed by atoms with Gasteiger partial charge in [-0.15, -0.1) is 0 Å². The molecule has 1 unspecified atom stereocenters. The molecule has 0 saturated carbocycles. The molecule has 5 nitrogen and oxygen atoms in total. The zero-order chi connectivity index (χ0) is 17.6. The van der Waals surface area contributed by atoms with Gasteiger partial charge in [-0.1, -0.05) is 17.8 Å². The van der Waals surface area contributed by atoms with Crippen LogP contribution in [0.25, 0.3) is 0 Å². The van der Waals surface area contributed by atoms with Gasteiger partial charge in [0.15, 0.2) is 6.29 Å². The second kappa shape index (κ2) is 8.47. The van der Waals surface area contributed by atoms with Gasteiger partial charge in [0.25, 0.3) is 5.91 Å². The number of nitrogens with zero attached hydrogens (tertiary/aromatic N) is 1. The zero-order valence-electron chi connectivity index (χ0n) is 14.5. The fourth-order valence-corrected chi connectivity index (χ4v) is 3.49. The van der Waals surface area contributed by atoms with E-state index in [1.165, 1.54) is 22.9 Å². The summed E-state index contributed by atoms with van der Waals surface area (Å²) in [6.45, 7) is 4.82. The maximum Gasteiger partial charge on any atom is 0.277 e. The lowest BCUT2D eigenvalue weighted by Crippen LogP contribution is -2.33. The van der Waals surface area contributed by atoms with E-state index in [9.17, 15) is 4.79 Å². The van der Waals surface area contributed by atoms with Crippen LogP contribution in [0, 0.1) is 13.8 Å². The minimum atomic E-state index is -0.370. The number of amides is 1. The summed E-state index contributed by atoms with van der Waals surface area (Å²) in [5.74, 6) is -0.311. The van der Waals surface area contributed by atoms with Crippen molar-refractivity contribution < 1.29 is 14.4 Å². The molecule has 132 valence electrons. The molecule has 1 amide bonds. The Morgan fingerprint density at radius 3 is 2.92 bits per heavy atom. The highest BCUT2D eigenvalue weighted by molar-refractivity contribution is 7.99. The molecule has 0 aliphatic carbocycles. The van der Waals surface area contributed by atoms with Gasteiger partial charge in [-0.3, -0.25) is 4.79 Å². The van der Waals surface area contributed by atoms with Gasteiger partial charge in [0.2, 0.25) is 0 Å². The Hall–Kier alpha value is -1.89. The summed E-state index contributed by atoms with van der Waals surface area (Å²) < 4.78 is 5.46. The number of pyridine rings is 1. The van der Waals surface area contributed by atoms with Gasteiger partial charge >= 0.3 is 0 Å². The monoisotopic (exact) mass is 358 g/mol. The number of benzene rings is 1. The Balaban J connectivity index is 1.69. The molecule has 1 saturated heterocycles. The highest BCUT2D eigenvalue weighted by Gasteiger charge is 2.18. The molecule has 0 bridgehead atoms. The Labute approximate surface area is 152 Å². The quantitative estimate of drug-likeness (QED) is 0.818. The third kappa shape index (κ3) is 4.81. The lowest BCUT2D eigenvalue weighted by atomic mass is 10.1. The molecule has 1 N–H and O–H groups in total. The number of carbonyl (C=O) groups excluding carboxylic acids is 1. The predicted molar refractivity (Wildman–Crippen MR) is 96.4 cm³/mol. The molecule has 1 aliphatic heterocycles. The van der Waals surface area contributed by atoms with Gasteiger partial charge < -0.3 is 4.74 Å². The summed E-state index contributed by atoms with van der Waals surface area (Å²) in [5, 5.41) is 0.649. The average Bonchev–Trinajstić information content (AvgIpc) is 2.64. The summed E-state index contributed by atoms with van der Waals surface area (Å²) in [6.07, 6.45) is 4.18. The third-order valence-corrected chi connectivity index (χ3v) is 5.14. The fourth-order valence-electron chi connectivity index (χ4n) is 2.51. The smallest absolute Gasteiger partial charge is 0.277 e. The van der Waals surface area contributed by atoms with E-state index in [0.717, 1.165) is 24.2 Å². The first kappa shape index (κ1) is 17.9. The minimum Gasteiger partial charge on any atom is -0.350 e. The second-order valence-electron chi connectivity index (χ2n) is 6.05. The number of rotatable bonds is 5. The van der Waals surface area contributed by atoms with E-state index in [0.29, 0.717) is 17.2 Å². The Bertz CT molecular complexity index is 745. The van der Waals surface area contributed by atoms with Crippen LogP contribution >= 0.6 is 11.8 Å². The standard InChI is InChI=1S/C19H22N2O3S/c1-13-8-9-15(12-14(13)2)25-19-16(6-5-10-20-19)18(22)21-24-17-7-3-4-11-23-17/h5-6,8-10,12,17H,3-4,7,11H2,1-2H3,(H,21,22). The maximum atomic E-state index is 12.5. The van der Waals surface area contributed by atoms with Crippen LogP contribution in [-0.4, -0.2) is 23.8 Å². The second-order valence-corrected chi connectivity index (χ2v) is 7.11. The molecular formula is C19H22N2O3S. The number of aryl methyl sites for hydroxylation is 2. The summed E-state index contributed by atoms with van der Waals surface area (Å²) in [7, 11) is 0. The predicted octanol–water partition coefficient (Wildman–Crippen LogP) is 4.04. The van der Waals surface area contributed by atoms with Crippen molar-refractivity contribution in [1.29, 1.82) is 0 Å². The van der Waals surface area contributed by atoms with Gasteiger partial charge in [0.1, 0.15) is 5.03 Å². The first-order chi connectivity index (χ1) is 12.1. The van der Waals surface area contributed by atoms with E-state index in [1.54, 1.807) is 18.3 Å². The van der Waals surface area contributed by atoms with Crippen LogP contribution in [0.15, 0.2) is 46.5 Å². The molecule has 3 rings (SSSR count). The largest absolute Gasteiger partial charge is 0.350 e. The van der Waals surface area contributed by atoms with Crippen molar-refractivity contribution in [1.82, 2.24) is 10.5 Å². The van der Waals surface area contributed by atoms with Crippen molar-refractivity contribution in [2.75, 3.05) is 6.61 Å². The number of aromatic nitrogens is 1. The molecule has 6 heteroatoms. The van der Waals surface area contributed by atoms with Crippen molar-refractivity contribution in [3.63, 3.8) is 0 Å². The van der Waals surface area contributed by atoms with E-state index < -0.39 is 0 Å². The fraction of sp³-hybridized carbons (Fsp3) is 0.368. The van der Waals surface area contributed by atoms with Crippen LogP contribution in [0.2, 0.25) is 0 Å². The average molecular weight is 358 g/mol. The lowest BCUT2D eigenvalue weighted by molar-refractivity contribution is -0.186. The van der Waals surface area contributed by atoms with E-state index in [1.807, 2.05) is 6.07 Å².